The van der Waals surface area contributed by atoms with Crippen molar-refractivity contribution in [1.29, 1.82) is 0 Å². The number of hydrogen-bond donors (Lipinski definition) is 3. The van der Waals surface area contributed by atoms with E-state index in [0.29, 0.717) is 27.5 Å². The maximum Gasteiger partial charge on any atom is 0.239 e. The molecule has 8 heteroatoms. The quantitative estimate of drug-likeness (QED) is 0.438. The number of aromatic nitrogens is 2. The van der Waals surface area contributed by atoms with Gasteiger partial charge >= 0.3 is 0 Å². The van der Waals surface area contributed by atoms with Crippen LogP contribution in [0.5, 0.6) is 0 Å². The van der Waals surface area contributed by atoms with Gasteiger partial charge in [-0.3, -0.25) is 5.43 Å². The molecular weight excluding hydrogens is 353 g/mol. The van der Waals surface area contributed by atoms with Gasteiger partial charge < -0.3 is 5.32 Å². The summed E-state index contributed by atoms with van der Waals surface area (Å²) < 4.78 is 0.730. The van der Waals surface area contributed by atoms with Crippen LogP contribution in [0.2, 0.25) is 10.0 Å². The van der Waals surface area contributed by atoms with E-state index >= 15 is 0 Å². The Morgan fingerprint density at radius 3 is 2.63 bits per heavy atom. The van der Waals surface area contributed by atoms with Gasteiger partial charge in [-0.2, -0.15) is 4.98 Å². The van der Waals surface area contributed by atoms with E-state index in [9.17, 15) is 0 Å². The Morgan fingerprint density at radius 1 is 1.21 bits per heavy atom. The van der Waals surface area contributed by atoms with Gasteiger partial charge in [-0.1, -0.05) is 23.2 Å². The third-order valence-electron chi connectivity index (χ3n) is 2.28. The number of rotatable bonds is 3. The van der Waals surface area contributed by atoms with Gasteiger partial charge in [0, 0.05) is 16.2 Å². The summed E-state index contributed by atoms with van der Waals surface area (Å²) in [5.41, 5.74) is 3.82. The van der Waals surface area contributed by atoms with Crippen molar-refractivity contribution in [3.63, 3.8) is 0 Å². The summed E-state index contributed by atoms with van der Waals surface area (Å²) in [5.74, 6) is 6.19. The van der Waals surface area contributed by atoms with E-state index in [-0.39, 0.29) is 0 Å². The molecular formula is C11H10BrCl2N5. The van der Waals surface area contributed by atoms with Crippen molar-refractivity contribution < 1.29 is 0 Å². The van der Waals surface area contributed by atoms with Crippen molar-refractivity contribution in [2.45, 2.75) is 6.92 Å². The average molecular weight is 363 g/mol. The molecule has 0 unspecified atom stereocenters. The van der Waals surface area contributed by atoms with Crippen LogP contribution in [0.25, 0.3) is 0 Å². The Hall–Kier alpha value is -1.08. The molecule has 0 atom stereocenters. The predicted molar refractivity (Wildman–Crippen MR) is 82.0 cm³/mol. The Kier molecular flexibility index (Phi) is 4.46. The number of benzene rings is 1. The number of nitrogens with two attached hydrogens (primary N) is 1. The highest BCUT2D eigenvalue weighted by molar-refractivity contribution is 9.10. The largest absolute Gasteiger partial charge is 0.339 e. The zero-order valence-electron chi connectivity index (χ0n) is 9.84. The van der Waals surface area contributed by atoms with E-state index in [1.807, 2.05) is 6.92 Å². The molecule has 0 aliphatic carbocycles. The van der Waals surface area contributed by atoms with Gasteiger partial charge in [0.1, 0.15) is 5.82 Å². The van der Waals surface area contributed by atoms with Crippen molar-refractivity contribution in [1.82, 2.24) is 9.97 Å². The van der Waals surface area contributed by atoms with E-state index in [1.54, 1.807) is 18.2 Å². The molecule has 0 radical (unpaired) electrons. The highest BCUT2D eigenvalue weighted by Gasteiger charge is 2.10. The molecule has 4 N–H and O–H groups in total. The molecule has 2 aromatic rings. The molecule has 1 aromatic heterocycles. The Balaban J connectivity index is 2.36. The van der Waals surface area contributed by atoms with Gasteiger partial charge in [0.15, 0.2) is 0 Å². The molecule has 2 rings (SSSR count). The van der Waals surface area contributed by atoms with Gasteiger partial charge in [0.25, 0.3) is 0 Å². The van der Waals surface area contributed by atoms with Crippen LogP contribution in [0.3, 0.4) is 0 Å². The molecule has 0 bridgehead atoms. The first-order chi connectivity index (χ1) is 9.01. The van der Waals surface area contributed by atoms with Gasteiger partial charge in [0.05, 0.1) is 15.7 Å². The van der Waals surface area contributed by atoms with E-state index in [2.05, 4.69) is 36.6 Å². The third kappa shape index (κ3) is 3.27. The fourth-order valence-electron chi connectivity index (χ4n) is 1.46. The minimum Gasteiger partial charge on any atom is -0.339 e. The SMILES string of the molecule is Cc1cc(Nc2ccc(Br)c(Cl)c2Cl)nc(NN)n1. The first kappa shape index (κ1) is 14.3. The second-order valence-electron chi connectivity index (χ2n) is 3.71. The van der Waals surface area contributed by atoms with Crippen molar-refractivity contribution in [2.75, 3.05) is 10.7 Å². The minimum atomic E-state index is 0.321. The summed E-state index contributed by atoms with van der Waals surface area (Å²) in [4.78, 5) is 8.26. The lowest BCUT2D eigenvalue weighted by atomic mass is 10.3. The smallest absolute Gasteiger partial charge is 0.239 e. The number of hydrazine groups is 1. The number of nitrogens with one attached hydrogen (secondary N) is 2. The van der Waals surface area contributed by atoms with Crippen LogP contribution in [0.15, 0.2) is 22.7 Å². The Bertz CT molecular complexity index is 620. The van der Waals surface area contributed by atoms with Gasteiger partial charge in [-0.15, -0.1) is 0 Å². The summed E-state index contributed by atoms with van der Waals surface area (Å²) in [6, 6.07) is 5.37. The zero-order valence-corrected chi connectivity index (χ0v) is 12.9. The van der Waals surface area contributed by atoms with E-state index in [0.717, 1.165) is 10.2 Å². The summed E-state index contributed by atoms with van der Waals surface area (Å²) in [6.45, 7) is 1.84. The number of anilines is 3. The molecule has 1 aromatic carbocycles. The standard InChI is InChI=1S/C11H10BrCl2N5/c1-5-4-8(18-11(16-5)19-15)17-7-3-2-6(12)9(13)10(7)14/h2-4H,15H2,1H3,(H2,16,17,18,19). The number of halogens is 3. The van der Waals surface area contributed by atoms with Crippen molar-refractivity contribution >= 4 is 56.6 Å². The third-order valence-corrected chi connectivity index (χ3v) is 4.05. The lowest BCUT2D eigenvalue weighted by Gasteiger charge is -2.11. The van der Waals surface area contributed by atoms with Crippen molar-refractivity contribution in [3.8, 4) is 0 Å². The molecule has 0 aliphatic rings. The summed E-state index contributed by atoms with van der Waals surface area (Å²) in [6.07, 6.45) is 0. The van der Waals surface area contributed by atoms with Gasteiger partial charge in [0.2, 0.25) is 5.95 Å². The van der Waals surface area contributed by atoms with Gasteiger partial charge in [-0.05, 0) is 35.0 Å². The zero-order chi connectivity index (χ0) is 14.0. The number of nitrogens with zero attached hydrogens (tertiary/aromatic N) is 2. The second-order valence-corrected chi connectivity index (χ2v) is 5.32. The maximum absolute atomic E-state index is 6.15. The minimum absolute atomic E-state index is 0.321. The molecule has 5 nitrogen and oxygen atoms in total. The monoisotopic (exact) mass is 361 g/mol. The lowest BCUT2D eigenvalue weighted by molar-refractivity contribution is 1.07. The van der Waals surface area contributed by atoms with E-state index in [1.165, 1.54) is 0 Å². The molecule has 0 fully saturated rings. The normalized spacial score (nSPS) is 10.4. The van der Waals surface area contributed by atoms with Crippen LogP contribution in [0, 0.1) is 6.92 Å². The molecule has 100 valence electrons. The first-order valence-corrected chi connectivity index (χ1v) is 6.79. The second kappa shape index (κ2) is 5.92. The highest BCUT2D eigenvalue weighted by Crippen LogP contribution is 2.36. The molecule has 0 aliphatic heterocycles. The number of aryl methyl sites for hydroxylation is 1. The van der Waals surface area contributed by atoms with Crippen LogP contribution in [-0.2, 0) is 0 Å². The van der Waals surface area contributed by atoms with Crippen LogP contribution in [0.1, 0.15) is 5.69 Å². The maximum atomic E-state index is 6.15. The van der Waals surface area contributed by atoms with Crippen molar-refractivity contribution in [2.24, 2.45) is 5.84 Å². The molecule has 19 heavy (non-hydrogen) atoms. The van der Waals surface area contributed by atoms with Crippen LogP contribution in [-0.4, -0.2) is 9.97 Å². The molecule has 0 spiro atoms. The van der Waals surface area contributed by atoms with Gasteiger partial charge in [-0.25, -0.2) is 10.8 Å². The first-order valence-electron chi connectivity index (χ1n) is 5.24. The van der Waals surface area contributed by atoms with Crippen LogP contribution < -0.4 is 16.6 Å². The fraction of sp³-hybridized carbons (Fsp3) is 0.0909. The van der Waals surface area contributed by atoms with Crippen molar-refractivity contribution in [3.05, 3.63) is 38.4 Å². The number of nitrogen functional groups attached to an aromatic ring is 1. The topological polar surface area (TPSA) is 75.9 Å². The molecule has 0 amide bonds. The summed E-state index contributed by atoms with van der Waals surface area (Å²) in [7, 11) is 0. The summed E-state index contributed by atoms with van der Waals surface area (Å²) in [5, 5.41) is 3.92. The molecule has 0 saturated carbocycles. The average Bonchev–Trinajstić information content (AvgIpc) is 2.39. The van der Waals surface area contributed by atoms with E-state index in [4.69, 9.17) is 29.0 Å². The Morgan fingerprint density at radius 2 is 1.95 bits per heavy atom. The van der Waals surface area contributed by atoms with Crippen LogP contribution >= 0.6 is 39.1 Å². The highest BCUT2D eigenvalue weighted by atomic mass is 79.9. The number of hydrogen-bond acceptors (Lipinski definition) is 5. The van der Waals surface area contributed by atoms with E-state index < -0.39 is 0 Å². The van der Waals surface area contributed by atoms with Crippen LogP contribution in [0.4, 0.5) is 17.5 Å². The Labute approximate surface area is 128 Å². The summed E-state index contributed by atoms with van der Waals surface area (Å²) >= 11 is 15.5. The fourth-order valence-corrected chi connectivity index (χ4v) is 2.28. The lowest BCUT2D eigenvalue weighted by Crippen LogP contribution is -2.11. The molecule has 1 heterocycles. The predicted octanol–water partition coefficient (Wildman–Crippen LogP) is 3.88. The molecule has 0 saturated heterocycles.